The van der Waals surface area contributed by atoms with Crippen LogP contribution in [-0.2, 0) is 26.1 Å². The monoisotopic (exact) mass is 561 g/mol. The minimum Gasteiger partial charge on any atom is -0.486 e. The number of hydrogen-bond acceptors (Lipinski definition) is 7. The summed E-state index contributed by atoms with van der Waals surface area (Å²) in [5.74, 6) is -1.63. The van der Waals surface area contributed by atoms with Crippen LogP contribution in [0.5, 0.6) is 11.6 Å². The van der Waals surface area contributed by atoms with Crippen LogP contribution in [0.3, 0.4) is 0 Å². The molecule has 9 nitrogen and oxygen atoms in total. The van der Waals surface area contributed by atoms with E-state index in [4.69, 9.17) is 14.2 Å². The van der Waals surface area contributed by atoms with Crippen LogP contribution in [0, 0.1) is 11.6 Å². The van der Waals surface area contributed by atoms with E-state index in [-0.39, 0.29) is 53.8 Å². The topological polar surface area (TPSA) is 100.0 Å². The van der Waals surface area contributed by atoms with Gasteiger partial charge in [0.25, 0.3) is 15.9 Å². The summed E-state index contributed by atoms with van der Waals surface area (Å²) in [5, 5.41) is 4.24. The number of hydrogen-bond donors (Lipinski definition) is 0. The minimum atomic E-state index is -4.21. The fraction of sp³-hybridized carbons (Fsp3) is 0.333. The summed E-state index contributed by atoms with van der Waals surface area (Å²) in [6, 6.07) is 8.36. The van der Waals surface area contributed by atoms with E-state index in [2.05, 4.69) is 5.10 Å². The van der Waals surface area contributed by atoms with E-state index in [1.165, 1.54) is 40.5 Å². The van der Waals surface area contributed by atoms with Gasteiger partial charge in [-0.2, -0.15) is 0 Å². The Kier molecular flexibility index (Phi) is 8.54. The second-order valence-corrected chi connectivity index (χ2v) is 10.5. The molecule has 1 atom stereocenters. The molecular weight excluding hydrogens is 532 g/mol. The molecule has 0 saturated heterocycles. The molecule has 1 unspecified atom stereocenters. The molecule has 0 fully saturated rings. The zero-order valence-corrected chi connectivity index (χ0v) is 22.6. The maximum atomic E-state index is 14.1. The Hall–Kier alpha value is -3.93. The van der Waals surface area contributed by atoms with Crippen LogP contribution < -0.4 is 13.8 Å². The normalized spacial score (nSPS) is 15.2. The van der Waals surface area contributed by atoms with Gasteiger partial charge in [-0.15, -0.1) is 5.10 Å². The lowest BCUT2D eigenvalue weighted by molar-refractivity contribution is -0.141. The quantitative estimate of drug-likeness (QED) is 0.262. The third-order valence-corrected chi connectivity index (χ3v) is 7.89. The first-order valence-corrected chi connectivity index (χ1v) is 13.8. The predicted octanol–water partition coefficient (Wildman–Crippen LogP) is 4.66. The SMILES string of the molecule is CCOc1nn(CC)cc1S(=O)(=O)N1CC(CCC(=O)OC)Oc2ccc(C=Cc3c(F)cccc3F)cc21. The van der Waals surface area contributed by atoms with E-state index >= 15 is 0 Å². The maximum Gasteiger partial charge on any atom is 0.305 e. The molecule has 0 radical (unpaired) electrons. The molecule has 0 spiro atoms. The molecule has 0 saturated carbocycles. The number of rotatable bonds is 10. The number of sulfonamides is 1. The molecule has 2 heterocycles. The second-order valence-electron chi connectivity index (χ2n) is 8.67. The van der Waals surface area contributed by atoms with Crippen molar-refractivity contribution in [2.75, 3.05) is 24.6 Å². The number of aromatic nitrogens is 2. The molecular formula is C27H29F2N3O6S. The Morgan fingerprint density at radius 3 is 2.59 bits per heavy atom. The van der Waals surface area contributed by atoms with E-state index < -0.39 is 33.7 Å². The highest BCUT2D eigenvalue weighted by atomic mass is 32.2. The third-order valence-electron chi connectivity index (χ3n) is 6.12. The summed E-state index contributed by atoms with van der Waals surface area (Å²) < 4.78 is 75.2. The zero-order valence-electron chi connectivity index (χ0n) is 21.8. The zero-order chi connectivity index (χ0) is 28.2. The highest BCUT2D eigenvalue weighted by Gasteiger charge is 2.37. The summed E-state index contributed by atoms with van der Waals surface area (Å²) in [6.45, 7) is 4.10. The average Bonchev–Trinajstić information content (AvgIpc) is 3.35. The highest BCUT2D eigenvalue weighted by Crippen LogP contribution is 2.40. The van der Waals surface area contributed by atoms with Gasteiger partial charge in [0, 0.05) is 24.7 Å². The van der Waals surface area contributed by atoms with Crippen LogP contribution in [-0.4, -0.2) is 50.5 Å². The lowest BCUT2D eigenvalue weighted by Gasteiger charge is -2.35. The van der Waals surface area contributed by atoms with Crippen molar-refractivity contribution in [1.29, 1.82) is 0 Å². The van der Waals surface area contributed by atoms with Gasteiger partial charge in [-0.3, -0.25) is 13.8 Å². The van der Waals surface area contributed by atoms with Gasteiger partial charge in [0.15, 0.2) is 4.90 Å². The number of esters is 1. The van der Waals surface area contributed by atoms with Gasteiger partial charge in [0.05, 0.1) is 25.9 Å². The Morgan fingerprint density at radius 1 is 1.18 bits per heavy atom. The van der Waals surface area contributed by atoms with Crippen LogP contribution in [0.1, 0.15) is 37.8 Å². The molecule has 12 heteroatoms. The third kappa shape index (κ3) is 6.06. The Bertz CT molecular complexity index is 1470. The van der Waals surface area contributed by atoms with Crippen LogP contribution in [0.15, 0.2) is 47.5 Å². The number of benzene rings is 2. The molecule has 39 heavy (non-hydrogen) atoms. The van der Waals surface area contributed by atoms with E-state index in [9.17, 15) is 22.0 Å². The Labute approximate surface area is 225 Å². The molecule has 0 bridgehead atoms. The van der Waals surface area contributed by atoms with Crippen molar-refractivity contribution < 1.29 is 36.2 Å². The Balaban J connectivity index is 1.76. The van der Waals surface area contributed by atoms with Gasteiger partial charge in [0.1, 0.15) is 23.5 Å². The summed E-state index contributed by atoms with van der Waals surface area (Å²) in [6.07, 6.45) is 3.79. The lowest BCUT2D eigenvalue weighted by atomic mass is 10.1. The fourth-order valence-electron chi connectivity index (χ4n) is 4.12. The standard InChI is InChI=1S/C27H29F2N3O6S/c1-4-31-17-25(27(30-31)37-5-2)39(34,35)32-16-19(11-14-26(33)36-3)38-24-13-10-18(15-23(24)32)9-12-20-21(28)7-6-8-22(20)29/h6-10,12-13,15,17,19H,4-5,11,14,16H2,1-3H3. The van der Waals surface area contributed by atoms with Crippen molar-refractivity contribution in [2.45, 2.75) is 44.2 Å². The van der Waals surface area contributed by atoms with Gasteiger partial charge in [-0.1, -0.05) is 18.2 Å². The van der Waals surface area contributed by atoms with Gasteiger partial charge < -0.3 is 14.2 Å². The average molecular weight is 562 g/mol. The molecule has 3 aromatic rings. The van der Waals surface area contributed by atoms with E-state index in [0.717, 1.165) is 12.1 Å². The molecule has 2 aromatic carbocycles. The number of methoxy groups -OCH3 is 1. The number of nitrogens with zero attached hydrogens (tertiary/aromatic N) is 3. The Morgan fingerprint density at radius 2 is 1.92 bits per heavy atom. The van der Waals surface area contributed by atoms with E-state index in [1.807, 2.05) is 6.92 Å². The lowest BCUT2D eigenvalue weighted by Crippen LogP contribution is -2.43. The van der Waals surface area contributed by atoms with Crippen molar-refractivity contribution in [3.63, 3.8) is 0 Å². The number of carbonyl (C=O) groups is 1. The number of carbonyl (C=O) groups excluding carboxylic acids is 1. The first-order valence-electron chi connectivity index (χ1n) is 12.4. The predicted molar refractivity (Wildman–Crippen MR) is 141 cm³/mol. The summed E-state index contributed by atoms with van der Waals surface area (Å²) in [4.78, 5) is 11.6. The summed E-state index contributed by atoms with van der Waals surface area (Å²) in [5.41, 5.74) is 0.502. The van der Waals surface area contributed by atoms with E-state index in [1.54, 1.807) is 25.1 Å². The number of halogens is 2. The molecule has 4 rings (SSSR count). The number of fused-ring (bicyclic) bond motifs is 1. The first kappa shape index (κ1) is 28.1. The van der Waals surface area contributed by atoms with Gasteiger partial charge in [0.2, 0.25) is 0 Å². The van der Waals surface area contributed by atoms with Crippen molar-refractivity contribution in [3.8, 4) is 11.6 Å². The van der Waals surface area contributed by atoms with Crippen molar-refractivity contribution >= 4 is 33.8 Å². The molecule has 1 aromatic heterocycles. The van der Waals surface area contributed by atoms with E-state index in [0.29, 0.717) is 12.1 Å². The van der Waals surface area contributed by atoms with Gasteiger partial charge in [-0.05, 0) is 56.2 Å². The van der Waals surface area contributed by atoms with Gasteiger partial charge >= 0.3 is 5.97 Å². The van der Waals surface area contributed by atoms with Gasteiger partial charge in [-0.25, -0.2) is 17.2 Å². The molecule has 0 aliphatic carbocycles. The van der Waals surface area contributed by atoms with Crippen molar-refractivity contribution in [2.24, 2.45) is 0 Å². The molecule has 208 valence electrons. The molecule has 0 amide bonds. The maximum absolute atomic E-state index is 14.1. The number of anilines is 1. The molecule has 1 aliphatic heterocycles. The second kappa shape index (κ2) is 11.9. The van der Waals surface area contributed by atoms with Crippen LogP contribution in [0.2, 0.25) is 0 Å². The number of ether oxygens (including phenoxy) is 3. The van der Waals surface area contributed by atoms with Crippen LogP contribution in [0.4, 0.5) is 14.5 Å². The highest BCUT2D eigenvalue weighted by molar-refractivity contribution is 7.93. The molecule has 1 aliphatic rings. The smallest absolute Gasteiger partial charge is 0.305 e. The largest absolute Gasteiger partial charge is 0.486 e. The first-order chi connectivity index (χ1) is 18.7. The summed E-state index contributed by atoms with van der Waals surface area (Å²) >= 11 is 0. The van der Waals surface area contributed by atoms with Crippen LogP contribution in [0.25, 0.3) is 12.2 Å². The van der Waals surface area contributed by atoms with Crippen molar-refractivity contribution in [3.05, 3.63) is 65.4 Å². The molecule has 0 N–H and O–H groups in total. The fourth-order valence-corrected chi connectivity index (χ4v) is 5.70. The minimum absolute atomic E-state index is 0.0235. The number of aryl methyl sites for hydroxylation is 1. The summed E-state index contributed by atoms with van der Waals surface area (Å²) in [7, 11) is -2.93. The van der Waals surface area contributed by atoms with Crippen molar-refractivity contribution in [1.82, 2.24) is 9.78 Å². The van der Waals surface area contributed by atoms with Crippen LogP contribution >= 0.6 is 0 Å².